The van der Waals surface area contributed by atoms with Crippen molar-refractivity contribution >= 4 is 33.4 Å². The molecule has 1 heterocycles. The van der Waals surface area contributed by atoms with Gasteiger partial charge in [-0.2, -0.15) is 0 Å². The van der Waals surface area contributed by atoms with E-state index < -0.39 is 10.0 Å². The highest BCUT2D eigenvalue weighted by molar-refractivity contribution is 7.99. The molecule has 0 aliphatic heterocycles. The fraction of sp³-hybridized carbons (Fsp3) is 0.353. The lowest BCUT2D eigenvalue weighted by molar-refractivity contribution is -0.113. The summed E-state index contributed by atoms with van der Waals surface area (Å²) in [7, 11) is -1.93. The van der Waals surface area contributed by atoms with Crippen molar-refractivity contribution in [3.8, 4) is 0 Å². The first kappa shape index (κ1) is 20.3. The Morgan fingerprint density at radius 1 is 1.19 bits per heavy atom. The molecule has 2 aromatic rings. The van der Waals surface area contributed by atoms with Crippen LogP contribution in [0.15, 0.2) is 52.8 Å². The number of nitrogens with zero attached hydrogens (tertiary/aromatic N) is 3. The number of hydrogen-bond donors (Lipinski definition) is 1. The molecule has 140 valence electrons. The van der Waals surface area contributed by atoms with Crippen LogP contribution < -0.4 is 5.32 Å². The number of anilines is 1. The summed E-state index contributed by atoms with van der Waals surface area (Å²) in [4.78, 5) is 20.3. The van der Waals surface area contributed by atoms with Crippen LogP contribution in [0.1, 0.15) is 19.8 Å². The van der Waals surface area contributed by atoms with Crippen LogP contribution in [0.5, 0.6) is 0 Å². The van der Waals surface area contributed by atoms with Gasteiger partial charge in [0.25, 0.3) is 0 Å². The summed E-state index contributed by atoms with van der Waals surface area (Å²) in [6.45, 7) is 2.50. The Morgan fingerprint density at radius 3 is 2.46 bits per heavy atom. The molecule has 1 aromatic heterocycles. The summed E-state index contributed by atoms with van der Waals surface area (Å²) >= 11 is 1.23. The highest BCUT2D eigenvalue weighted by atomic mass is 32.2. The van der Waals surface area contributed by atoms with E-state index in [4.69, 9.17) is 0 Å². The van der Waals surface area contributed by atoms with E-state index in [0.29, 0.717) is 17.4 Å². The van der Waals surface area contributed by atoms with E-state index in [1.165, 1.54) is 28.2 Å². The van der Waals surface area contributed by atoms with E-state index in [-0.39, 0.29) is 16.6 Å². The van der Waals surface area contributed by atoms with Gasteiger partial charge in [-0.3, -0.25) is 4.79 Å². The van der Waals surface area contributed by atoms with Crippen LogP contribution in [-0.4, -0.2) is 47.9 Å². The normalized spacial score (nSPS) is 11.5. The van der Waals surface area contributed by atoms with Gasteiger partial charge in [-0.25, -0.2) is 22.7 Å². The van der Waals surface area contributed by atoms with Crippen LogP contribution in [0.2, 0.25) is 0 Å². The summed E-state index contributed by atoms with van der Waals surface area (Å²) in [5.41, 5.74) is 0.541. The van der Waals surface area contributed by atoms with Crippen molar-refractivity contribution in [1.82, 2.24) is 14.3 Å². The van der Waals surface area contributed by atoms with E-state index >= 15 is 0 Å². The monoisotopic (exact) mass is 394 g/mol. The predicted octanol–water partition coefficient (Wildman–Crippen LogP) is 2.63. The second-order valence-corrected chi connectivity index (χ2v) is 8.56. The van der Waals surface area contributed by atoms with Gasteiger partial charge in [0.05, 0.1) is 10.6 Å². The van der Waals surface area contributed by atoms with E-state index in [0.717, 1.165) is 12.8 Å². The van der Waals surface area contributed by atoms with Gasteiger partial charge in [0.15, 0.2) is 5.16 Å². The smallest absolute Gasteiger partial charge is 0.242 e. The number of hydrogen-bond acceptors (Lipinski definition) is 6. The van der Waals surface area contributed by atoms with Gasteiger partial charge in [0.2, 0.25) is 15.9 Å². The molecular formula is C17H22N4O3S2. The number of carbonyl (C=O) groups excluding carboxylic acids is 1. The number of carbonyl (C=O) groups is 1. The lowest BCUT2D eigenvalue weighted by Crippen LogP contribution is -2.27. The van der Waals surface area contributed by atoms with Gasteiger partial charge in [0, 0.05) is 31.7 Å². The van der Waals surface area contributed by atoms with Gasteiger partial charge in [-0.05, 0) is 36.8 Å². The van der Waals surface area contributed by atoms with Gasteiger partial charge in [-0.1, -0.05) is 25.1 Å². The van der Waals surface area contributed by atoms with Gasteiger partial charge >= 0.3 is 0 Å². The zero-order valence-corrected chi connectivity index (χ0v) is 16.4. The molecule has 9 heteroatoms. The summed E-state index contributed by atoms with van der Waals surface area (Å²) in [6, 6.07) is 7.88. The highest BCUT2D eigenvalue weighted by Crippen LogP contribution is 2.18. The number of thioether (sulfide) groups is 1. The van der Waals surface area contributed by atoms with E-state index in [1.54, 1.807) is 37.6 Å². The molecule has 26 heavy (non-hydrogen) atoms. The Hall–Kier alpha value is -1.97. The molecule has 0 saturated heterocycles. The SMILES string of the molecule is CCCCN(C)S(=O)(=O)c1ccc(NC(=O)CSc2ncccn2)cc1. The minimum Gasteiger partial charge on any atom is -0.325 e. The van der Waals surface area contributed by atoms with Gasteiger partial charge in [-0.15, -0.1) is 0 Å². The van der Waals surface area contributed by atoms with E-state index in [2.05, 4.69) is 15.3 Å². The summed E-state index contributed by atoms with van der Waals surface area (Å²) in [5, 5.41) is 3.26. The summed E-state index contributed by atoms with van der Waals surface area (Å²) < 4.78 is 26.3. The van der Waals surface area contributed by atoms with Crippen LogP contribution in [0.4, 0.5) is 5.69 Å². The Balaban J connectivity index is 1.93. The quantitative estimate of drug-likeness (QED) is 0.519. The molecule has 0 aliphatic carbocycles. The Bertz CT molecular complexity index is 812. The topological polar surface area (TPSA) is 92.3 Å². The maximum atomic E-state index is 12.5. The van der Waals surface area contributed by atoms with Crippen LogP contribution in [-0.2, 0) is 14.8 Å². The number of aromatic nitrogens is 2. The average Bonchev–Trinajstić information content (AvgIpc) is 2.65. The predicted molar refractivity (Wildman–Crippen MR) is 103 cm³/mol. The minimum absolute atomic E-state index is 0.170. The number of benzene rings is 1. The Labute approximate surface area is 158 Å². The van der Waals surface area contributed by atoms with E-state index in [1.807, 2.05) is 6.92 Å². The lowest BCUT2D eigenvalue weighted by Gasteiger charge is -2.17. The average molecular weight is 395 g/mol. The fourth-order valence-corrected chi connectivity index (χ4v) is 3.89. The van der Waals surface area contributed by atoms with Gasteiger partial charge in [0.1, 0.15) is 0 Å². The molecule has 0 bridgehead atoms. The fourth-order valence-electron chi connectivity index (χ4n) is 2.08. The molecule has 1 amide bonds. The first-order valence-electron chi connectivity index (χ1n) is 8.19. The van der Waals surface area contributed by atoms with Crippen LogP contribution in [0, 0.1) is 0 Å². The third kappa shape index (κ3) is 5.79. The molecule has 0 atom stereocenters. The van der Waals surface area contributed by atoms with Crippen molar-refractivity contribution in [2.75, 3.05) is 24.7 Å². The number of nitrogens with one attached hydrogen (secondary N) is 1. The standard InChI is InChI=1S/C17H22N4O3S2/c1-3-4-12-21(2)26(23,24)15-8-6-14(7-9-15)20-16(22)13-25-17-18-10-5-11-19-17/h5-11H,3-4,12-13H2,1-2H3,(H,20,22). The molecule has 0 fully saturated rings. The Morgan fingerprint density at radius 2 is 1.85 bits per heavy atom. The van der Waals surface area contributed by atoms with Gasteiger partial charge < -0.3 is 5.32 Å². The third-order valence-electron chi connectivity index (χ3n) is 3.55. The third-order valence-corrected chi connectivity index (χ3v) is 6.29. The molecular weight excluding hydrogens is 372 g/mol. The number of unbranched alkanes of at least 4 members (excludes halogenated alkanes) is 1. The van der Waals surface area contributed by atoms with Crippen LogP contribution >= 0.6 is 11.8 Å². The maximum Gasteiger partial charge on any atom is 0.242 e. The molecule has 0 unspecified atom stereocenters. The van der Waals surface area contributed by atoms with Crippen molar-refractivity contribution in [3.05, 3.63) is 42.7 Å². The van der Waals surface area contributed by atoms with Crippen molar-refractivity contribution in [2.24, 2.45) is 0 Å². The van der Waals surface area contributed by atoms with E-state index in [9.17, 15) is 13.2 Å². The molecule has 0 spiro atoms. The zero-order valence-electron chi connectivity index (χ0n) is 14.8. The van der Waals surface area contributed by atoms with Crippen molar-refractivity contribution < 1.29 is 13.2 Å². The maximum absolute atomic E-state index is 12.5. The van der Waals surface area contributed by atoms with Crippen molar-refractivity contribution in [3.63, 3.8) is 0 Å². The summed E-state index contributed by atoms with van der Waals surface area (Å²) in [6.07, 6.45) is 4.97. The first-order chi connectivity index (χ1) is 12.4. The number of rotatable bonds is 9. The molecule has 0 saturated carbocycles. The van der Waals surface area contributed by atoms with Crippen LogP contribution in [0.25, 0.3) is 0 Å². The van der Waals surface area contributed by atoms with Crippen molar-refractivity contribution in [1.29, 1.82) is 0 Å². The molecule has 1 aromatic carbocycles. The minimum atomic E-state index is -3.50. The summed E-state index contributed by atoms with van der Waals surface area (Å²) in [5.74, 6) is -0.0396. The number of amides is 1. The zero-order chi connectivity index (χ0) is 19.0. The Kier molecular flexibility index (Phi) is 7.55. The lowest BCUT2D eigenvalue weighted by atomic mass is 10.3. The first-order valence-corrected chi connectivity index (χ1v) is 10.6. The second-order valence-electron chi connectivity index (χ2n) is 5.57. The molecule has 0 radical (unpaired) electrons. The molecule has 2 rings (SSSR count). The largest absolute Gasteiger partial charge is 0.325 e. The molecule has 1 N–H and O–H groups in total. The van der Waals surface area contributed by atoms with Crippen LogP contribution in [0.3, 0.4) is 0 Å². The second kappa shape index (κ2) is 9.65. The highest BCUT2D eigenvalue weighted by Gasteiger charge is 2.20. The van der Waals surface area contributed by atoms with Crippen molar-refractivity contribution in [2.45, 2.75) is 29.8 Å². The number of sulfonamides is 1. The molecule has 0 aliphatic rings. The molecule has 7 nitrogen and oxygen atoms in total.